The minimum atomic E-state index is -3.41. The quantitative estimate of drug-likeness (QED) is 0.452. The summed E-state index contributed by atoms with van der Waals surface area (Å²) in [6.07, 6.45) is 2.12. The SMILES string of the molecule is CN=C(NCc1ccc(S(=O)(=O)NC)cc1)NC1CCN(Cc2ccccc2)C(C)C1. The molecule has 0 aromatic heterocycles. The first-order valence-corrected chi connectivity index (χ1v) is 12.2. The lowest BCUT2D eigenvalue weighted by molar-refractivity contribution is 0.134. The van der Waals surface area contributed by atoms with Gasteiger partial charge in [0.05, 0.1) is 4.90 Å². The van der Waals surface area contributed by atoms with E-state index in [9.17, 15) is 8.42 Å². The molecule has 2 aromatic rings. The van der Waals surface area contributed by atoms with Gasteiger partial charge in [0.1, 0.15) is 0 Å². The molecule has 3 N–H and O–H groups in total. The van der Waals surface area contributed by atoms with Crippen molar-refractivity contribution in [3.63, 3.8) is 0 Å². The van der Waals surface area contributed by atoms with E-state index in [-0.39, 0.29) is 4.90 Å². The Hall–Kier alpha value is -2.42. The molecule has 3 rings (SSSR count). The van der Waals surface area contributed by atoms with Crippen LogP contribution < -0.4 is 15.4 Å². The van der Waals surface area contributed by atoms with E-state index in [1.165, 1.54) is 12.6 Å². The third-order valence-electron chi connectivity index (χ3n) is 5.77. The van der Waals surface area contributed by atoms with E-state index in [0.29, 0.717) is 18.6 Å². The van der Waals surface area contributed by atoms with Gasteiger partial charge in [-0.05, 0) is 50.1 Å². The molecule has 1 fully saturated rings. The van der Waals surface area contributed by atoms with Crippen LogP contribution in [0.3, 0.4) is 0 Å². The number of hydrogen-bond donors (Lipinski definition) is 3. The van der Waals surface area contributed by atoms with E-state index in [1.54, 1.807) is 19.2 Å². The Bertz CT molecular complexity index is 961. The van der Waals surface area contributed by atoms with Gasteiger partial charge in [-0.25, -0.2) is 13.1 Å². The van der Waals surface area contributed by atoms with Gasteiger partial charge in [-0.1, -0.05) is 42.5 Å². The van der Waals surface area contributed by atoms with E-state index in [2.05, 4.69) is 62.5 Å². The fourth-order valence-electron chi connectivity index (χ4n) is 3.88. The number of piperidine rings is 1. The van der Waals surface area contributed by atoms with Crippen LogP contribution in [0.25, 0.3) is 0 Å². The van der Waals surface area contributed by atoms with E-state index >= 15 is 0 Å². The number of benzene rings is 2. The molecule has 1 saturated heterocycles. The summed E-state index contributed by atoms with van der Waals surface area (Å²) in [5, 5.41) is 6.87. The van der Waals surface area contributed by atoms with Crippen molar-refractivity contribution in [3.8, 4) is 0 Å². The topological polar surface area (TPSA) is 85.8 Å². The van der Waals surface area contributed by atoms with Crippen LogP contribution in [0, 0.1) is 0 Å². The number of aliphatic imine (C=N–C) groups is 1. The van der Waals surface area contributed by atoms with Crippen LogP contribution in [0.1, 0.15) is 30.9 Å². The number of guanidine groups is 1. The molecule has 7 nitrogen and oxygen atoms in total. The first kappa shape index (κ1) is 23.2. The van der Waals surface area contributed by atoms with Crippen LogP contribution >= 0.6 is 0 Å². The average Bonchev–Trinajstić information content (AvgIpc) is 2.79. The summed E-state index contributed by atoms with van der Waals surface area (Å²) in [5.41, 5.74) is 2.34. The number of nitrogens with zero attached hydrogens (tertiary/aromatic N) is 2. The van der Waals surface area contributed by atoms with E-state index in [4.69, 9.17) is 0 Å². The Balaban J connectivity index is 1.48. The van der Waals surface area contributed by atoms with Crippen molar-refractivity contribution < 1.29 is 8.42 Å². The average molecular weight is 444 g/mol. The van der Waals surface area contributed by atoms with Gasteiger partial charge in [0, 0.05) is 38.8 Å². The molecule has 1 aliphatic heterocycles. The Morgan fingerprint density at radius 3 is 2.42 bits per heavy atom. The van der Waals surface area contributed by atoms with Gasteiger partial charge >= 0.3 is 0 Å². The molecule has 0 amide bonds. The van der Waals surface area contributed by atoms with Crippen LogP contribution in [0.15, 0.2) is 64.5 Å². The van der Waals surface area contributed by atoms with Crippen molar-refractivity contribution >= 4 is 16.0 Å². The van der Waals surface area contributed by atoms with Crippen molar-refractivity contribution in [2.45, 2.75) is 49.8 Å². The Morgan fingerprint density at radius 2 is 1.81 bits per heavy atom. The maximum Gasteiger partial charge on any atom is 0.240 e. The van der Waals surface area contributed by atoms with Gasteiger partial charge in [0.2, 0.25) is 10.0 Å². The van der Waals surface area contributed by atoms with E-state index in [1.807, 2.05) is 12.1 Å². The predicted octanol–water partition coefficient (Wildman–Crippen LogP) is 2.31. The Morgan fingerprint density at radius 1 is 1.10 bits per heavy atom. The number of nitrogens with one attached hydrogen (secondary N) is 3. The van der Waals surface area contributed by atoms with Crippen LogP contribution in [0.5, 0.6) is 0 Å². The molecule has 2 aromatic carbocycles. The van der Waals surface area contributed by atoms with Crippen LogP contribution in [0.4, 0.5) is 0 Å². The summed E-state index contributed by atoms with van der Waals surface area (Å²) in [7, 11) is -0.230. The fourth-order valence-corrected chi connectivity index (χ4v) is 4.61. The third kappa shape index (κ3) is 6.53. The van der Waals surface area contributed by atoms with Gasteiger partial charge in [0.25, 0.3) is 0 Å². The summed E-state index contributed by atoms with van der Waals surface area (Å²) >= 11 is 0. The first-order chi connectivity index (χ1) is 14.9. The summed E-state index contributed by atoms with van der Waals surface area (Å²) in [4.78, 5) is 7.15. The fraction of sp³-hybridized carbons (Fsp3) is 0.435. The lowest BCUT2D eigenvalue weighted by atomic mass is 9.97. The van der Waals surface area contributed by atoms with E-state index in [0.717, 1.165) is 37.5 Å². The predicted molar refractivity (Wildman–Crippen MR) is 125 cm³/mol. The molecule has 2 atom stereocenters. The highest BCUT2D eigenvalue weighted by atomic mass is 32.2. The molecule has 0 radical (unpaired) electrons. The standard InChI is InChI=1S/C23H33N5O2S/c1-18-15-21(13-14-28(18)17-20-7-5-4-6-8-20)27-23(24-2)26-16-19-9-11-22(12-10-19)31(29,30)25-3/h4-12,18,21,25H,13-17H2,1-3H3,(H2,24,26,27). The molecule has 0 spiro atoms. The summed E-state index contributed by atoms with van der Waals surface area (Å²) in [6, 6.07) is 18.3. The summed E-state index contributed by atoms with van der Waals surface area (Å²) in [6.45, 7) is 4.89. The number of rotatable bonds is 7. The lowest BCUT2D eigenvalue weighted by Crippen LogP contribution is -2.51. The van der Waals surface area contributed by atoms with Gasteiger partial charge in [-0.3, -0.25) is 9.89 Å². The van der Waals surface area contributed by atoms with Crippen LogP contribution in [-0.2, 0) is 23.1 Å². The monoisotopic (exact) mass is 443 g/mol. The molecular formula is C23H33N5O2S. The van der Waals surface area contributed by atoms with Crippen molar-refractivity contribution in [1.82, 2.24) is 20.3 Å². The van der Waals surface area contributed by atoms with Crippen LogP contribution in [-0.4, -0.2) is 52.0 Å². The molecule has 8 heteroatoms. The van der Waals surface area contributed by atoms with Crippen molar-refractivity contribution in [3.05, 3.63) is 65.7 Å². The second kappa shape index (κ2) is 10.7. The largest absolute Gasteiger partial charge is 0.354 e. The molecule has 1 heterocycles. The van der Waals surface area contributed by atoms with Crippen molar-refractivity contribution in [2.75, 3.05) is 20.6 Å². The Labute approximate surface area is 186 Å². The highest BCUT2D eigenvalue weighted by Gasteiger charge is 2.26. The second-order valence-electron chi connectivity index (χ2n) is 7.95. The number of likely N-dealkylation sites (tertiary alicyclic amines) is 1. The maximum atomic E-state index is 11.8. The van der Waals surface area contributed by atoms with Crippen LogP contribution in [0.2, 0.25) is 0 Å². The van der Waals surface area contributed by atoms with Crippen molar-refractivity contribution in [1.29, 1.82) is 0 Å². The molecule has 0 aliphatic carbocycles. The highest BCUT2D eigenvalue weighted by molar-refractivity contribution is 7.89. The van der Waals surface area contributed by atoms with E-state index < -0.39 is 10.0 Å². The maximum absolute atomic E-state index is 11.8. The normalized spacial score (nSPS) is 20.4. The minimum absolute atomic E-state index is 0.262. The number of sulfonamides is 1. The number of hydrogen-bond acceptors (Lipinski definition) is 4. The van der Waals surface area contributed by atoms with Gasteiger partial charge in [0.15, 0.2) is 5.96 Å². The molecule has 31 heavy (non-hydrogen) atoms. The minimum Gasteiger partial charge on any atom is -0.354 e. The Kier molecular flexibility index (Phi) is 8.06. The second-order valence-corrected chi connectivity index (χ2v) is 9.83. The molecule has 0 saturated carbocycles. The molecule has 2 unspecified atom stereocenters. The van der Waals surface area contributed by atoms with Crippen molar-refractivity contribution in [2.24, 2.45) is 4.99 Å². The third-order valence-corrected chi connectivity index (χ3v) is 7.20. The van der Waals surface area contributed by atoms with Gasteiger partial charge in [-0.2, -0.15) is 0 Å². The molecule has 1 aliphatic rings. The summed E-state index contributed by atoms with van der Waals surface area (Å²) in [5.74, 6) is 0.764. The first-order valence-electron chi connectivity index (χ1n) is 10.7. The molecule has 168 valence electrons. The van der Waals surface area contributed by atoms with Gasteiger partial charge in [-0.15, -0.1) is 0 Å². The molecular weight excluding hydrogens is 410 g/mol. The zero-order valence-corrected chi connectivity index (χ0v) is 19.3. The summed E-state index contributed by atoms with van der Waals surface area (Å²) < 4.78 is 26.0. The highest BCUT2D eigenvalue weighted by Crippen LogP contribution is 2.20. The van der Waals surface area contributed by atoms with Gasteiger partial charge < -0.3 is 10.6 Å². The molecule has 0 bridgehead atoms. The zero-order valence-electron chi connectivity index (χ0n) is 18.5. The lowest BCUT2D eigenvalue weighted by Gasteiger charge is -2.38. The zero-order chi connectivity index (χ0) is 22.3. The smallest absolute Gasteiger partial charge is 0.240 e.